The highest BCUT2D eigenvalue weighted by Gasteiger charge is 2.14. The third kappa shape index (κ3) is 1.01. The fourth-order valence-corrected chi connectivity index (χ4v) is 1.28. The first-order valence-electron chi connectivity index (χ1n) is 3.76. The van der Waals surface area contributed by atoms with Crippen LogP contribution in [0.2, 0.25) is 0 Å². The number of H-pyrrole nitrogens is 1. The molecule has 0 saturated heterocycles. The number of aromatic amines is 1. The molecule has 1 heterocycles. The smallest absolute Gasteiger partial charge is 0.371 e. The van der Waals surface area contributed by atoms with Gasteiger partial charge in [0.25, 0.3) is 0 Å². The summed E-state index contributed by atoms with van der Waals surface area (Å²) in [6.07, 6.45) is 5.65. The second-order valence-electron chi connectivity index (χ2n) is 2.70. The number of nitrogens with zero attached hydrogens (tertiary/aromatic N) is 1. The van der Waals surface area contributed by atoms with Crippen LogP contribution in [0.1, 0.15) is 28.4 Å². The Balaban J connectivity index is 2.46. The Morgan fingerprint density at radius 2 is 2.50 bits per heavy atom. The Morgan fingerprint density at radius 1 is 1.67 bits per heavy atom. The normalized spacial score (nSPS) is 14.3. The van der Waals surface area contributed by atoms with Crippen LogP contribution in [0, 0.1) is 0 Å². The van der Waals surface area contributed by atoms with E-state index in [1.807, 2.05) is 12.2 Å². The molecule has 0 radical (unpaired) electrons. The van der Waals surface area contributed by atoms with Crippen molar-refractivity contribution >= 4 is 12.0 Å². The molecule has 0 bridgehead atoms. The molecule has 0 saturated carbocycles. The second-order valence-corrected chi connectivity index (χ2v) is 2.70. The monoisotopic (exact) mass is 164 g/mol. The van der Waals surface area contributed by atoms with Crippen LogP contribution < -0.4 is 0 Å². The molecule has 0 aromatic carbocycles. The van der Waals surface area contributed by atoms with Gasteiger partial charge in [-0.2, -0.15) is 0 Å². The van der Waals surface area contributed by atoms with E-state index in [1.54, 1.807) is 0 Å². The summed E-state index contributed by atoms with van der Waals surface area (Å²) in [5.74, 6) is -0.968. The minimum atomic E-state index is -1.00. The summed E-state index contributed by atoms with van der Waals surface area (Å²) in [7, 11) is 0. The minimum absolute atomic E-state index is 0.0338. The van der Waals surface area contributed by atoms with E-state index >= 15 is 0 Å². The van der Waals surface area contributed by atoms with Gasteiger partial charge in [-0.25, -0.2) is 9.78 Å². The van der Waals surface area contributed by atoms with Crippen LogP contribution in [0.25, 0.3) is 6.08 Å². The molecule has 0 spiro atoms. The van der Waals surface area contributed by atoms with E-state index in [4.69, 9.17) is 5.11 Å². The number of hydrogen-bond acceptors (Lipinski definition) is 2. The fourth-order valence-electron chi connectivity index (χ4n) is 1.28. The van der Waals surface area contributed by atoms with Gasteiger partial charge in [0, 0.05) is 5.69 Å². The maximum absolute atomic E-state index is 10.5. The zero-order valence-electron chi connectivity index (χ0n) is 6.37. The molecule has 0 aliphatic heterocycles. The van der Waals surface area contributed by atoms with Gasteiger partial charge >= 0.3 is 5.97 Å². The third-order valence-electron chi connectivity index (χ3n) is 1.85. The molecule has 0 unspecified atom stereocenters. The van der Waals surface area contributed by atoms with E-state index in [-0.39, 0.29) is 5.82 Å². The molecular weight excluding hydrogens is 156 g/mol. The molecule has 2 rings (SSSR count). The number of carboxylic acid groups (broad SMARTS) is 1. The lowest BCUT2D eigenvalue weighted by atomic mass is 10.1. The lowest BCUT2D eigenvalue weighted by Gasteiger charge is -2.00. The van der Waals surface area contributed by atoms with Gasteiger partial charge in [0.05, 0.1) is 5.69 Å². The highest BCUT2D eigenvalue weighted by Crippen LogP contribution is 2.15. The van der Waals surface area contributed by atoms with E-state index < -0.39 is 5.97 Å². The summed E-state index contributed by atoms with van der Waals surface area (Å²) in [6, 6.07) is 0. The van der Waals surface area contributed by atoms with Crippen molar-refractivity contribution in [3.8, 4) is 0 Å². The van der Waals surface area contributed by atoms with Crippen LogP contribution in [0.15, 0.2) is 6.08 Å². The first-order valence-corrected chi connectivity index (χ1v) is 3.76. The average Bonchev–Trinajstić information content (AvgIpc) is 2.46. The molecule has 4 heteroatoms. The van der Waals surface area contributed by atoms with E-state index in [2.05, 4.69) is 9.97 Å². The average molecular weight is 164 g/mol. The maximum atomic E-state index is 10.5. The van der Waals surface area contributed by atoms with Gasteiger partial charge in [-0.05, 0) is 18.9 Å². The third-order valence-corrected chi connectivity index (χ3v) is 1.85. The zero-order valence-corrected chi connectivity index (χ0v) is 6.37. The van der Waals surface area contributed by atoms with E-state index in [1.165, 1.54) is 0 Å². The minimum Gasteiger partial charge on any atom is -0.475 e. The van der Waals surface area contributed by atoms with Crippen LogP contribution in [0.4, 0.5) is 0 Å². The molecule has 1 aromatic heterocycles. The Morgan fingerprint density at radius 3 is 3.17 bits per heavy atom. The lowest BCUT2D eigenvalue weighted by Crippen LogP contribution is -1.98. The highest BCUT2D eigenvalue weighted by atomic mass is 16.4. The number of nitrogens with one attached hydrogen (secondary N) is 1. The summed E-state index contributed by atoms with van der Waals surface area (Å²) < 4.78 is 0. The van der Waals surface area contributed by atoms with Crippen LogP contribution in [0.5, 0.6) is 0 Å². The first-order chi connectivity index (χ1) is 5.77. The molecule has 0 fully saturated rings. The summed E-state index contributed by atoms with van der Waals surface area (Å²) in [6.45, 7) is 0. The van der Waals surface area contributed by atoms with Crippen molar-refractivity contribution < 1.29 is 9.90 Å². The highest BCUT2D eigenvalue weighted by molar-refractivity contribution is 5.84. The predicted molar refractivity (Wildman–Crippen MR) is 42.9 cm³/mol. The fraction of sp³-hybridized carbons (Fsp3) is 0.250. The number of aromatic nitrogens is 2. The number of allylic oxidation sites excluding steroid dienone is 1. The number of aryl methyl sites for hydroxylation is 1. The van der Waals surface area contributed by atoms with Crippen molar-refractivity contribution in [3.63, 3.8) is 0 Å². The second kappa shape index (κ2) is 2.48. The Kier molecular flexibility index (Phi) is 1.46. The first kappa shape index (κ1) is 7.09. The van der Waals surface area contributed by atoms with Crippen LogP contribution in [-0.2, 0) is 6.42 Å². The number of rotatable bonds is 1. The van der Waals surface area contributed by atoms with Gasteiger partial charge < -0.3 is 10.1 Å². The molecule has 1 aliphatic carbocycles. The molecule has 62 valence electrons. The van der Waals surface area contributed by atoms with Crippen molar-refractivity contribution in [1.82, 2.24) is 9.97 Å². The van der Waals surface area contributed by atoms with Gasteiger partial charge in [-0.3, -0.25) is 0 Å². The SMILES string of the molecule is O=C(O)c1nc2c([nH]1)CCC=C2. The van der Waals surface area contributed by atoms with Gasteiger partial charge in [-0.15, -0.1) is 0 Å². The summed E-state index contributed by atoms with van der Waals surface area (Å²) in [4.78, 5) is 17.2. The number of fused-ring (bicyclic) bond motifs is 1. The van der Waals surface area contributed by atoms with Gasteiger partial charge in [0.15, 0.2) is 0 Å². The topological polar surface area (TPSA) is 66.0 Å². The molecule has 4 nitrogen and oxygen atoms in total. The van der Waals surface area contributed by atoms with E-state index in [0.717, 1.165) is 24.2 Å². The number of carbonyl (C=O) groups is 1. The van der Waals surface area contributed by atoms with Crippen molar-refractivity contribution in [1.29, 1.82) is 0 Å². The standard InChI is InChI=1S/C8H8N2O2/c11-8(12)7-9-5-3-1-2-4-6(5)10-7/h1,3H,2,4H2,(H,9,10)(H,11,12). The lowest BCUT2D eigenvalue weighted by molar-refractivity contribution is 0.0684. The molecule has 2 N–H and O–H groups in total. The Hall–Kier alpha value is -1.58. The molecular formula is C8H8N2O2. The van der Waals surface area contributed by atoms with Gasteiger partial charge in [0.2, 0.25) is 5.82 Å². The van der Waals surface area contributed by atoms with Crippen LogP contribution in [-0.4, -0.2) is 21.0 Å². The molecule has 12 heavy (non-hydrogen) atoms. The van der Waals surface area contributed by atoms with Crippen LogP contribution in [0.3, 0.4) is 0 Å². The molecule has 0 atom stereocenters. The Bertz CT molecular complexity index is 352. The summed E-state index contributed by atoms with van der Waals surface area (Å²) in [5.41, 5.74) is 1.69. The van der Waals surface area contributed by atoms with Crippen molar-refractivity contribution in [2.24, 2.45) is 0 Å². The zero-order chi connectivity index (χ0) is 8.55. The van der Waals surface area contributed by atoms with Crippen molar-refractivity contribution in [2.75, 3.05) is 0 Å². The number of aromatic carboxylic acids is 1. The summed E-state index contributed by atoms with van der Waals surface area (Å²) in [5, 5.41) is 8.62. The van der Waals surface area contributed by atoms with E-state index in [0.29, 0.717) is 0 Å². The number of imidazole rings is 1. The number of hydrogen-bond donors (Lipinski definition) is 2. The largest absolute Gasteiger partial charge is 0.475 e. The number of carboxylic acids is 1. The van der Waals surface area contributed by atoms with Crippen LogP contribution >= 0.6 is 0 Å². The summed E-state index contributed by atoms with van der Waals surface area (Å²) >= 11 is 0. The quantitative estimate of drug-likeness (QED) is 0.652. The van der Waals surface area contributed by atoms with Gasteiger partial charge in [-0.1, -0.05) is 6.08 Å². The molecule has 0 amide bonds. The van der Waals surface area contributed by atoms with E-state index in [9.17, 15) is 4.79 Å². The van der Waals surface area contributed by atoms with Crippen molar-refractivity contribution in [3.05, 3.63) is 23.3 Å². The molecule has 1 aliphatic rings. The van der Waals surface area contributed by atoms with Gasteiger partial charge in [0.1, 0.15) is 0 Å². The molecule has 1 aromatic rings. The Labute approximate surface area is 68.9 Å². The predicted octanol–water partition coefficient (Wildman–Crippen LogP) is 1.07. The maximum Gasteiger partial charge on any atom is 0.371 e. The van der Waals surface area contributed by atoms with Crippen molar-refractivity contribution in [2.45, 2.75) is 12.8 Å².